The molecule has 4 heteroatoms. The van der Waals surface area contributed by atoms with Crippen molar-refractivity contribution in [3.8, 4) is 11.3 Å². The summed E-state index contributed by atoms with van der Waals surface area (Å²) in [6.07, 6.45) is 7.72. The highest BCUT2D eigenvalue weighted by atomic mass is 16.3. The van der Waals surface area contributed by atoms with E-state index >= 15 is 0 Å². The van der Waals surface area contributed by atoms with E-state index in [1.807, 2.05) is 36.4 Å². The van der Waals surface area contributed by atoms with Crippen LogP contribution in [0.5, 0.6) is 0 Å². The van der Waals surface area contributed by atoms with E-state index in [1.165, 1.54) is 0 Å². The molecule has 0 saturated carbocycles. The van der Waals surface area contributed by atoms with Gasteiger partial charge < -0.3 is 14.8 Å². The van der Waals surface area contributed by atoms with Gasteiger partial charge in [-0.05, 0) is 37.0 Å². The second kappa shape index (κ2) is 7.29. The fourth-order valence-electron chi connectivity index (χ4n) is 2.80. The molecule has 1 aromatic carbocycles. The second-order valence-electron chi connectivity index (χ2n) is 5.84. The SMILES string of the molecule is O=C(NC[C@@H](O)c1ccc(-c2ccco2)cc1)[C@@H]1CC=CCC1. The van der Waals surface area contributed by atoms with Gasteiger partial charge in [0, 0.05) is 18.0 Å². The summed E-state index contributed by atoms with van der Waals surface area (Å²) in [4.78, 5) is 12.1. The number of amides is 1. The summed E-state index contributed by atoms with van der Waals surface area (Å²) in [6, 6.07) is 11.3. The Morgan fingerprint density at radius 1 is 1.26 bits per heavy atom. The number of allylic oxidation sites excluding steroid dienone is 2. The van der Waals surface area contributed by atoms with Crippen LogP contribution in [0.15, 0.2) is 59.2 Å². The predicted molar refractivity (Wildman–Crippen MR) is 88.6 cm³/mol. The van der Waals surface area contributed by atoms with Gasteiger partial charge in [0.05, 0.1) is 12.4 Å². The van der Waals surface area contributed by atoms with Crippen LogP contribution in [0.2, 0.25) is 0 Å². The zero-order chi connectivity index (χ0) is 16.1. The number of carbonyl (C=O) groups excluding carboxylic acids is 1. The molecule has 1 aliphatic rings. The van der Waals surface area contributed by atoms with Gasteiger partial charge in [-0.1, -0.05) is 36.4 Å². The topological polar surface area (TPSA) is 62.5 Å². The van der Waals surface area contributed by atoms with Gasteiger partial charge in [0.2, 0.25) is 5.91 Å². The summed E-state index contributed by atoms with van der Waals surface area (Å²) >= 11 is 0. The molecule has 1 aliphatic carbocycles. The summed E-state index contributed by atoms with van der Waals surface area (Å²) in [6.45, 7) is 0.235. The van der Waals surface area contributed by atoms with Crippen molar-refractivity contribution in [1.82, 2.24) is 5.32 Å². The number of aliphatic hydroxyl groups excluding tert-OH is 1. The number of hydrogen-bond acceptors (Lipinski definition) is 3. The van der Waals surface area contributed by atoms with Crippen LogP contribution in [0.1, 0.15) is 30.9 Å². The first-order chi connectivity index (χ1) is 11.2. The first kappa shape index (κ1) is 15.6. The molecule has 0 aliphatic heterocycles. The second-order valence-corrected chi connectivity index (χ2v) is 5.84. The lowest BCUT2D eigenvalue weighted by molar-refractivity contribution is -0.125. The summed E-state index contributed by atoms with van der Waals surface area (Å²) in [5.74, 6) is 0.860. The largest absolute Gasteiger partial charge is 0.464 e. The van der Waals surface area contributed by atoms with Crippen LogP contribution >= 0.6 is 0 Å². The Bertz CT molecular complexity index is 658. The van der Waals surface area contributed by atoms with E-state index in [1.54, 1.807) is 6.26 Å². The highest BCUT2D eigenvalue weighted by Crippen LogP contribution is 2.22. The number of aliphatic hydroxyl groups is 1. The number of rotatable bonds is 5. The van der Waals surface area contributed by atoms with E-state index in [0.717, 1.165) is 36.1 Å². The molecule has 1 heterocycles. The van der Waals surface area contributed by atoms with E-state index in [9.17, 15) is 9.90 Å². The number of carbonyl (C=O) groups is 1. The average molecular weight is 311 g/mol. The Morgan fingerprint density at radius 2 is 2.09 bits per heavy atom. The Balaban J connectivity index is 1.54. The molecular formula is C19H21NO3. The number of hydrogen-bond donors (Lipinski definition) is 2. The predicted octanol–water partition coefficient (Wildman–Crippen LogP) is 3.45. The molecule has 0 unspecified atom stereocenters. The Labute approximate surface area is 135 Å². The Kier molecular flexibility index (Phi) is 4.93. The minimum absolute atomic E-state index is 0.0283. The third kappa shape index (κ3) is 3.90. The van der Waals surface area contributed by atoms with Gasteiger partial charge in [-0.25, -0.2) is 0 Å². The zero-order valence-corrected chi connectivity index (χ0v) is 12.9. The van der Waals surface area contributed by atoms with Crippen molar-refractivity contribution in [2.75, 3.05) is 6.54 Å². The lowest BCUT2D eigenvalue weighted by Crippen LogP contribution is -2.34. The summed E-state index contributed by atoms with van der Waals surface area (Å²) in [5.41, 5.74) is 1.74. The maximum Gasteiger partial charge on any atom is 0.223 e. The van der Waals surface area contributed by atoms with Gasteiger partial charge in [-0.15, -0.1) is 0 Å². The summed E-state index contributed by atoms with van der Waals surface area (Å²) in [5, 5.41) is 13.1. The van der Waals surface area contributed by atoms with Crippen LogP contribution < -0.4 is 5.32 Å². The van der Waals surface area contributed by atoms with Crippen LogP contribution in [0, 0.1) is 5.92 Å². The molecule has 2 N–H and O–H groups in total. The van der Waals surface area contributed by atoms with Gasteiger partial charge in [0.1, 0.15) is 5.76 Å². The lowest BCUT2D eigenvalue weighted by atomic mass is 9.93. The molecule has 0 fully saturated rings. The molecule has 2 aromatic rings. The number of nitrogens with one attached hydrogen (secondary N) is 1. The molecule has 23 heavy (non-hydrogen) atoms. The summed E-state index contributed by atoms with van der Waals surface area (Å²) < 4.78 is 5.34. The normalized spacial score (nSPS) is 18.6. The van der Waals surface area contributed by atoms with Crippen molar-refractivity contribution in [1.29, 1.82) is 0 Å². The van der Waals surface area contributed by atoms with E-state index in [4.69, 9.17) is 4.42 Å². The Hall–Kier alpha value is -2.33. The maximum absolute atomic E-state index is 12.1. The monoisotopic (exact) mass is 311 g/mol. The van der Waals surface area contributed by atoms with E-state index in [2.05, 4.69) is 17.5 Å². The molecule has 1 amide bonds. The standard InChI is InChI=1S/C19H21NO3/c21-17(13-20-19(22)16-5-2-1-3-6-16)14-8-10-15(11-9-14)18-7-4-12-23-18/h1-2,4,7-12,16-17,21H,3,5-6,13H2,(H,20,22)/t16-,17-/m1/s1. The first-order valence-electron chi connectivity index (χ1n) is 7.98. The molecule has 0 bridgehead atoms. The maximum atomic E-state index is 12.1. The van der Waals surface area contributed by atoms with Crippen molar-refractivity contribution in [3.05, 3.63) is 60.4 Å². The van der Waals surface area contributed by atoms with Crippen LogP contribution in [0.3, 0.4) is 0 Å². The van der Waals surface area contributed by atoms with Gasteiger partial charge in [0.15, 0.2) is 0 Å². The average Bonchev–Trinajstić information content (AvgIpc) is 3.15. The van der Waals surface area contributed by atoms with Crippen molar-refractivity contribution >= 4 is 5.91 Å². The minimum atomic E-state index is -0.705. The first-order valence-corrected chi connectivity index (χ1v) is 7.98. The van der Waals surface area contributed by atoms with Gasteiger partial charge in [-0.2, -0.15) is 0 Å². The molecule has 1 aromatic heterocycles. The van der Waals surface area contributed by atoms with Crippen molar-refractivity contribution in [3.63, 3.8) is 0 Å². The molecule has 4 nitrogen and oxygen atoms in total. The molecular weight excluding hydrogens is 290 g/mol. The van der Waals surface area contributed by atoms with Gasteiger partial charge in [0.25, 0.3) is 0 Å². The van der Waals surface area contributed by atoms with Crippen LogP contribution in [0.4, 0.5) is 0 Å². The van der Waals surface area contributed by atoms with Crippen molar-refractivity contribution < 1.29 is 14.3 Å². The van der Waals surface area contributed by atoms with Crippen molar-refractivity contribution in [2.45, 2.75) is 25.4 Å². The Morgan fingerprint density at radius 3 is 2.74 bits per heavy atom. The molecule has 2 atom stereocenters. The third-order valence-electron chi connectivity index (χ3n) is 4.21. The fraction of sp³-hybridized carbons (Fsp3) is 0.316. The highest BCUT2D eigenvalue weighted by molar-refractivity contribution is 5.79. The lowest BCUT2D eigenvalue weighted by Gasteiger charge is -2.19. The van der Waals surface area contributed by atoms with E-state index < -0.39 is 6.10 Å². The van der Waals surface area contributed by atoms with Crippen LogP contribution in [0.25, 0.3) is 11.3 Å². The fourth-order valence-corrected chi connectivity index (χ4v) is 2.80. The van der Waals surface area contributed by atoms with Crippen LogP contribution in [-0.2, 0) is 4.79 Å². The van der Waals surface area contributed by atoms with E-state index in [-0.39, 0.29) is 18.4 Å². The molecule has 3 rings (SSSR count). The van der Waals surface area contributed by atoms with Gasteiger partial charge >= 0.3 is 0 Å². The zero-order valence-electron chi connectivity index (χ0n) is 12.9. The van der Waals surface area contributed by atoms with Gasteiger partial charge in [-0.3, -0.25) is 4.79 Å². The smallest absolute Gasteiger partial charge is 0.223 e. The minimum Gasteiger partial charge on any atom is -0.464 e. The quantitative estimate of drug-likeness (QED) is 0.831. The molecule has 120 valence electrons. The molecule has 0 radical (unpaired) electrons. The number of furan rings is 1. The van der Waals surface area contributed by atoms with Crippen molar-refractivity contribution in [2.24, 2.45) is 5.92 Å². The van der Waals surface area contributed by atoms with Crippen LogP contribution in [-0.4, -0.2) is 17.6 Å². The number of benzene rings is 1. The molecule has 0 saturated heterocycles. The third-order valence-corrected chi connectivity index (χ3v) is 4.21. The summed E-state index contributed by atoms with van der Waals surface area (Å²) in [7, 11) is 0. The molecule has 0 spiro atoms. The highest BCUT2D eigenvalue weighted by Gasteiger charge is 2.19. The van der Waals surface area contributed by atoms with E-state index in [0.29, 0.717) is 0 Å².